The number of rotatable bonds is 8. The highest BCUT2D eigenvalue weighted by molar-refractivity contribution is 6.69. The van der Waals surface area contributed by atoms with Gasteiger partial charge in [-0.15, -0.1) is 0 Å². The van der Waals surface area contributed by atoms with Crippen molar-refractivity contribution in [1.82, 2.24) is 9.88 Å². The van der Waals surface area contributed by atoms with Crippen LogP contribution in [0.5, 0.6) is 0 Å². The number of pyridine rings is 1. The standard InChI is InChI=1S/C18H22ClN3O2.C4H4O4/c19-18(15-10-14-6-2-3-7-17(14)20-11-15)21-24-13-16(23)12-22-8-4-1-5-9-22;5-3(6)1-2-4(7)8/h2-3,6-7,10-11,16,23H,1,4-5,8-9,12-13H2;1-2H,(H,5,6)(H,7,8)/b;2-1-. The fourth-order valence-corrected chi connectivity index (χ4v) is 3.20. The van der Waals surface area contributed by atoms with Gasteiger partial charge in [0, 0.05) is 35.8 Å². The summed E-state index contributed by atoms with van der Waals surface area (Å²) in [6.07, 6.45) is 5.90. The first-order valence-corrected chi connectivity index (χ1v) is 10.5. The quantitative estimate of drug-likeness (QED) is 0.309. The Balaban J connectivity index is 0.000000390. The number of hydrogen-bond donors (Lipinski definition) is 3. The fourth-order valence-electron chi connectivity index (χ4n) is 3.05. The van der Waals surface area contributed by atoms with Gasteiger partial charge in [0.1, 0.15) is 12.7 Å². The highest BCUT2D eigenvalue weighted by Gasteiger charge is 2.15. The van der Waals surface area contributed by atoms with E-state index in [0.29, 0.717) is 24.3 Å². The maximum absolute atomic E-state index is 10.0. The molecule has 1 atom stereocenters. The number of halogens is 1. The number of aliphatic carboxylic acids is 2. The lowest BCUT2D eigenvalue weighted by atomic mass is 10.1. The molecule has 0 radical (unpaired) electrons. The largest absolute Gasteiger partial charge is 0.478 e. The van der Waals surface area contributed by atoms with Crippen LogP contribution in [0.3, 0.4) is 0 Å². The van der Waals surface area contributed by atoms with E-state index in [9.17, 15) is 14.7 Å². The molecule has 3 rings (SSSR count). The first-order valence-electron chi connectivity index (χ1n) is 10.1. The molecule has 1 aromatic carbocycles. The second kappa shape index (κ2) is 13.4. The van der Waals surface area contributed by atoms with E-state index in [0.717, 1.165) is 24.0 Å². The van der Waals surface area contributed by atoms with E-state index in [2.05, 4.69) is 15.0 Å². The van der Waals surface area contributed by atoms with Crippen LogP contribution in [-0.2, 0) is 14.4 Å². The monoisotopic (exact) mass is 463 g/mol. The predicted molar refractivity (Wildman–Crippen MR) is 121 cm³/mol. The summed E-state index contributed by atoms with van der Waals surface area (Å²) in [6, 6.07) is 9.72. The van der Waals surface area contributed by atoms with Crippen molar-refractivity contribution in [3.8, 4) is 0 Å². The number of carboxylic acids is 2. The zero-order valence-electron chi connectivity index (χ0n) is 17.4. The molecule has 10 heteroatoms. The van der Waals surface area contributed by atoms with Crippen molar-refractivity contribution in [1.29, 1.82) is 0 Å². The van der Waals surface area contributed by atoms with E-state index in [1.807, 2.05) is 30.3 Å². The van der Waals surface area contributed by atoms with Crippen LogP contribution in [0.4, 0.5) is 0 Å². The number of para-hydroxylation sites is 1. The second-order valence-corrected chi connectivity index (χ2v) is 7.48. The zero-order valence-corrected chi connectivity index (χ0v) is 18.2. The molecule has 1 unspecified atom stereocenters. The Morgan fingerprint density at radius 2 is 1.81 bits per heavy atom. The lowest BCUT2D eigenvalue weighted by molar-refractivity contribution is -0.134. The van der Waals surface area contributed by atoms with Crippen LogP contribution in [-0.4, -0.2) is 74.7 Å². The van der Waals surface area contributed by atoms with Crippen molar-refractivity contribution in [2.24, 2.45) is 5.16 Å². The van der Waals surface area contributed by atoms with Crippen LogP contribution in [0.2, 0.25) is 0 Å². The first kappa shape index (κ1) is 25.3. The average molecular weight is 464 g/mol. The third-order valence-electron chi connectivity index (χ3n) is 4.53. The van der Waals surface area contributed by atoms with E-state index in [4.69, 9.17) is 26.7 Å². The molecule has 0 bridgehead atoms. The van der Waals surface area contributed by atoms with E-state index < -0.39 is 18.0 Å². The van der Waals surface area contributed by atoms with Gasteiger partial charge in [-0.2, -0.15) is 0 Å². The molecule has 3 N–H and O–H groups in total. The normalized spacial score (nSPS) is 15.8. The summed E-state index contributed by atoms with van der Waals surface area (Å²) in [7, 11) is 0. The van der Waals surface area contributed by atoms with Crippen LogP contribution in [0.1, 0.15) is 24.8 Å². The molecule has 1 saturated heterocycles. The Morgan fingerprint density at radius 1 is 1.16 bits per heavy atom. The molecule has 0 saturated carbocycles. The number of piperidine rings is 1. The SMILES string of the molecule is O=C(O)/C=C\C(=O)O.OC(CON=C(Cl)c1cnc2ccccc2c1)CN1CCCCC1. The Bertz CT molecular complexity index is 944. The Hall–Kier alpha value is -3.01. The molecular formula is C22H26ClN3O6. The molecule has 0 spiro atoms. The summed E-state index contributed by atoms with van der Waals surface area (Å²) >= 11 is 6.17. The highest BCUT2D eigenvalue weighted by Crippen LogP contribution is 2.15. The van der Waals surface area contributed by atoms with Gasteiger partial charge in [0.2, 0.25) is 0 Å². The third kappa shape index (κ3) is 9.42. The first-order chi connectivity index (χ1) is 15.3. The number of aliphatic hydroxyl groups excluding tert-OH is 1. The number of β-amino-alcohol motifs (C(OH)–C–C–N with tert-alkyl or cyclic N) is 1. The Labute approximate surface area is 190 Å². The van der Waals surface area contributed by atoms with Gasteiger partial charge in [-0.3, -0.25) is 4.98 Å². The third-order valence-corrected chi connectivity index (χ3v) is 4.81. The van der Waals surface area contributed by atoms with Crippen molar-refractivity contribution in [3.05, 3.63) is 54.2 Å². The van der Waals surface area contributed by atoms with Crippen LogP contribution >= 0.6 is 11.6 Å². The second-order valence-electron chi connectivity index (χ2n) is 7.12. The maximum Gasteiger partial charge on any atom is 0.328 e. The molecular weight excluding hydrogens is 438 g/mol. The molecule has 32 heavy (non-hydrogen) atoms. The number of likely N-dealkylation sites (tertiary alicyclic amines) is 1. The van der Waals surface area contributed by atoms with Gasteiger partial charge in [0.25, 0.3) is 0 Å². The van der Waals surface area contributed by atoms with Gasteiger partial charge >= 0.3 is 11.9 Å². The number of nitrogens with zero attached hydrogens (tertiary/aromatic N) is 3. The van der Waals surface area contributed by atoms with Crippen molar-refractivity contribution < 1.29 is 29.7 Å². The number of carboxylic acid groups (broad SMARTS) is 2. The molecule has 2 heterocycles. The highest BCUT2D eigenvalue weighted by atomic mass is 35.5. The van der Waals surface area contributed by atoms with Gasteiger partial charge < -0.3 is 25.1 Å². The van der Waals surface area contributed by atoms with Gasteiger partial charge in [-0.1, -0.05) is 41.4 Å². The molecule has 0 aliphatic carbocycles. The number of aliphatic hydroxyl groups is 1. The van der Waals surface area contributed by atoms with E-state index >= 15 is 0 Å². The molecule has 1 aliphatic rings. The zero-order chi connectivity index (χ0) is 23.3. The molecule has 1 aromatic heterocycles. The van der Waals surface area contributed by atoms with Gasteiger partial charge in [-0.05, 0) is 38.1 Å². The Kier molecular flexibility index (Phi) is 10.6. The molecule has 2 aromatic rings. The smallest absolute Gasteiger partial charge is 0.328 e. The lowest BCUT2D eigenvalue weighted by Crippen LogP contribution is -2.38. The van der Waals surface area contributed by atoms with Crippen molar-refractivity contribution in [2.75, 3.05) is 26.2 Å². The minimum Gasteiger partial charge on any atom is -0.478 e. The number of carbonyl (C=O) groups is 2. The van der Waals surface area contributed by atoms with Crippen LogP contribution in [0, 0.1) is 0 Å². The topological polar surface area (TPSA) is 133 Å². The Morgan fingerprint density at radius 3 is 2.47 bits per heavy atom. The molecule has 1 fully saturated rings. The van der Waals surface area contributed by atoms with Gasteiger partial charge in [0.05, 0.1) is 5.52 Å². The number of aromatic nitrogens is 1. The average Bonchev–Trinajstić information content (AvgIpc) is 2.78. The molecule has 9 nitrogen and oxygen atoms in total. The summed E-state index contributed by atoms with van der Waals surface area (Å²) in [6.45, 7) is 2.84. The molecule has 172 valence electrons. The van der Waals surface area contributed by atoms with Crippen molar-refractivity contribution in [2.45, 2.75) is 25.4 Å². The minimum absolute atomic E-state index is 0.133. The van der Waals surface area contributed by atoms with Crippen LogP contribution in [0.25, 0.3) is 10.9 Å². The predicted octanol–water partition coefficient (Wildman–Crippen LogP) is 2.71. The van der Waals surface area contributed by atoms with E-state index in [1.165, 1.54) is 19.3 Å². The summed E-state index contributed by atoms with van der Waals surface area (Å²) < 4.78 is 0. The van der Waals surface area contributed by atoms with Crippen molar-refractivity contribution in [3.63, 3.8) is 0 Å². The maximum atomic E-state index is 10.0. The summed E-state index contributed by atoms with van der Waals surface area (Å²) in [4.78, 5) is 30.9. The van der Waals surface area contributed by atoms with Crippen LogP contribution < -0.4 is 0 Å². The van der Waals surface area contributed by atoms with E-state index in [-0.39, 0.29) is 11.8 Å². The summed E-state index contributed by atoms with van der Waals surface area (Å²) in [5.41, 5.74) is 1.60. The minimum atomic E-state index is -1.26. The van der Waals surface area contributed by atoms with E-state index in [1.54, 1.807) is 6.20 Å². The molecule has 0 amide bonds. The lowest BCUT2D eigenvalue weighted by Gasteiger charge is -2.27. The summed E-state index contributed by atoms with van der Waals surface area (Å²) in [5, 5.41) is 30.8. The fraction of sp³-hybridized carbons (Fsp3) is 0.364. The van der Waals surface area contributed by atoms with Crippen LogP contribution in [0.15, 0.2) is 53.8 Å². The number of fused-ring (bicyclic) bond motifs is 1. The number of oxime groups is 1. The molecule has 1 aliphatic heterocycles. The van der Waals surface area contributed by atoms with Crippen molar-refractivity contribution >= 4 is 39.6 Å². The van der Waals surface area contributed by atoms with Gasteiger partial charge in [0.15, 0.2) is 5.17 Å². The number of hydrogen-bond acceptors (Lipinski definition) is 7. The number of benzene rings is 1. The summed E-state index contributed by atoms with van der Waals surface area (Å²) in [5.74, 6) is -2.51. The van der Waals surface area contributed by atoms with Gasteiger partial charge in [-0.25, -0.2) is 9.59 Å².